The van der Waals surface area contributed by atoms with Crippen LogP contribution < -0.4 is 10.6 Å². The molecule has 0 aliphatic heterocycles. The number of carbonyl (C=O) groups excluding carboxylic acids is 1. The van der Waals surface area contributed by atoms with E-state index in [4.69, 9.17) is 11.6 Å². The normalized spacial score (nSPS) is 10.7. The number of rotatable bonds is 4. The van der Waals surface area contributed by atoms with E-state index < -0.39 is 0 Å². The summed E-state index contributed by atoms with van der Waals surface area (Å²) < 4.78 is 1.67. The van der Waals surface area contributed by atoms with Gasteiger partial charge in [0, 0.05) is 24.9 Å². The number of phenolic OH excluding ortho intramolecular Hbond substituents is 1. The Morgan fingerprint density at radius 1 is 1.40 bits per heavy atom. The van der Waals surface area contributed by atoms with Gasteiger partial charge in [0.1, 0.15) is 10.6 Å². The summed E-state index contributed by atoms with van der Waals surface area (Å²) in [5, 5.41) is 20.8. The molecule has 130 valence electrons. The van der Waals surface area contributed by atoms with Crippen molar-refractivity contribution in [2.45, 2.75) is 13.8 Å². The van der Waals surface area contributed by atoms with Crippen LogP contribution in [0.25, 0.3) is 0 Å². The molecule has 0 saturated heterocycles. The van der Waals surface area contributed by atoms with E-state index >= 15 is 0 Å². The van der Waals surface area contributed by atoms with Gasteiger partial charge in [-0.2, -0.15) is 5.10 Å². The molecule has 0 fully saturated rings. The first-order valence-electron chi connectivity index (χ1n) is 7.37. The van der Waals surface area contributed by atoms with Crippen LogP contribution in [0.1, 0.15) is 20.8 Å². The molecule has 3 N–H and O–H groups in total. The Kier molecular flexibility index (Phi) is 4.65. The molecule has 0 saturated carbocycles. The number of aromatic hydroxyl groups is 1. The van der Waals surface area contributed by atoms with Crippen LogP contribution in [0.2, 0.25) is 5.02 Å². The largest absolute Gasteiger partial charge is 0.506 e. The second-order valence-electron chi connectivity index (χ2n) is 5.51. The maximum atomic E-state index is 12.5. The molecule has 7 nitrogen and oxygen atoms in total. The van der Waals surface area contributed by atoms with E-state index in [0.29, 0.717) is 27.1 Å². The summed E-state index contributed by atoms with van der Waals surface area (Å²) in [7, 11) is 1.82. The highest BCUT2D eigenvalue weighted by Gasteiger charge is 2.17. The molecule has 2 aromatic heterocycles. The summed E-state index contributed by atoms with van der Waals surface area (Å²) in [4.78, 5) is 17.1. The number of nitrogens with one attached hydrogen (secondary N) is 2. The van der Waals surface area contributed by atoms with Crippen LogP contribution >= 0.6 is 22.9 Å². The standard InChI is InChI=1S/C16H16ClN5O2S/c1-8-6-10(17)14(23)9(2)13(8)20-15(24)11-7-18-16(25-11)19-12-4-5-22(3)21-12/h4-7,23H,1-3H3,(H,20,24)(H,18,19,21). The molecular formula is C16H16ClN5O2S. The molecule has 1 aromatic carbocycles. The van der Waals surface area contributed by atoms with E-state index in [1.807, 2.05) is 26.2 Å². The van der Waals surface area contributed by atoms with Gasteiger partial charge < -0.3 is 15.7 Å². The van der Waals surface area contributed by atoms with Gasteiger partial charge in [-0.25, -0.2) is 4.98 Å². The molecule has 3 rings (SSSR count). The third kappa shape index (κ3) is 3.59. The number of carbonyl (C=O) groups is 1. The maximum absolute atomic E-state index is 12.5. The minimum absolute atomic E-state index is 0.0376. The van der Waals surface area contributed by atoms with E-state index in [0.717, 1.165) is 5.56 Å². The monoisotopic (exact) mass is 377 g/mol. The van der Waals surface area contributed by atoms with Crippen molar-refractivity contribution in [3.63, 3.8) is 0 Å². The number of hydrogen-bond donors (Lipinski definition) is 3. The molecule has 1 amide bonds. The van der Waals surface area contributed by atoms with Crippen molar-refractivity contribution in [1.82, 2.24) is 14.8 Å². The minimum atomic E-state index is -0.306. The van der Waals surface area contributed by atoms with Crippen LogP contribution in [0.3, 0.4) is 0 Å². The Morgan fingerprint density at radius 3 is 2.84 bits per heavy atom. The van der Waals surface area contributed by atoms with Gasteiger partial charge in [-0.1, -0.05) is 22.9 Å². The Labute approximate surface area is 153 Å². The average molecular weight is 378 g/mol. The zero-order valence-corrected chi connectivity index (χ0v) is 15.4. The quantitative estimate of drug-likeness (QED) is 0.642. The topological polar surface area (TPSA) is 92.1 Å². The van der Waals surface area contributed by atoms with Crippen molar-refractivity contribution < 1.29 is 9.90 Å². The number of benzene rings is 1. The average Bonchev–Trinajstić information content (AvgIpc) is 3.19. The predicted molar refractivity (Wildman–Crippen MR) is 99.1 cm³/mol. The van der Waals surface area contributed by atoms with Crippen molar-refractivity contribution in [1.29, 1.82) is 0 Å². The van der Waals surface area contributed by atoms with Gasteiger partial charge >= 0.3 is 0 Å². The van der Waals surface area contributed by atoms with Gasteiger partial charge in [-0.15, -0.1) is 0 Å². The van der Waals surface area contributed by atoms with E-state index in [1.54, 1.807) is 17.7 Å². The van der Waals surface area contributed by atoms with Crippen molar-refractivity contribution in [3.05, 3.63) is 45.6 Å². The van der Waals surface area contributed by atoms with Crippen LogP contribution in [0.4, 0.5) is 16.6 Å². The van der Waals surface area contributed by atoms with E-state index in [9.17, 15) is 9.90 Å². The third-order valence-corrected chi connectivity index (χ3v) is 4.81. The molecule has 2 heterocycles. The molecule has 0 aliphatic carbocycles. The van der Waals surface area contributed by atoms with Gasteiger partial charge in [0.15, 0.2) is 10.9 Å². The highest BCUT2D eigenvalue weighted by molar-refractivity contribution is 7.17. The third-order valence-electron chi connectivity index (χ3n) is 3.61. The fraction of sp³-hybridized carbons (Fsp3) is 0.188. The second kappa shape index (κ2) is 6.73. The zero-order chi connectivity index (χ0) is 18.1. The van der Waals surface area contributed by atoms with Gasteiger partial charge in [0.25, 0.3) is 5.91 Å². The molecule has 0 unspecified atom stereocenters. The molecule has 0 atom stereocenters. The Morgan fingerprint density at radius 2 is 2.16 bits per heavy atom. The number of nitrogens with zero attached hydrogens (tertiary/aromatic N) is 3. The van der Waals surface area contributed by atoms with Crippen LogP contribution in [0.15, 0.2) is 24.5 Å². The van der Waals surface area contributed by atoms with Gasteiger partial charge in [-0.3, -0.25) is 9.48 Å². The first kappa shape index (κ1) is 17.2. The summed E-state index contributed by atoms with van der Waals surface area (Å²) in [6.45, 7) is 3.51. The Hall–Kier alpha value is -2.58. The lowest BCUT2D eigenvalue weighted by Gasteiger charge is -2.13. The summed E-state index contributed by atoms with van der Waals surface area (Å²) >= 11 is 7.15. The SMILES string of the molecule is Cc1cc(Cl)c(O)c(C)c1NC(=O)c1cnc(Nc2ccn(C)n2)s1. The number of aromatic nitrogens is 3. The summed E-state index contributed by atoms with van der Waals surface area (Å²) in [6.07, 6.45) is 3.30. The van der Waals surface area contributed by atoms with E-state index in [1.165, 1.54) is 17.5 Å². The number of phenols is 1. The summed E-state index contributed by atoms with van der Waals surface area (Å²) in [6, 6.07) is 3.42. The second-order valence-corrected chi connectivity index (χ2v) is 6.95. The molecule has 3 aromatic rings. The lowest BCUT2D eigenvalue weighted by Crippen LogP contribution is -2.12. The molecule has 9 heteroatoms. The molecule has 0 aliphatic rings. The number of aryl methyl sites for hydroxylation is 2. The first-order chi connectivity index (χ1) is 11.8. The fourth-order valence-electron chi connectivity index (χ4n) is 2.32. The highest BCUT2D eigenvalue weighted by atomic mass is 35.5. The zero-order valence-electron chi connectivity index (χ0n) is 13.8. The molecule has 0 bridgehead atoms. The van der Waals surface area contributed by atoms with Gasteiger partial charge in [0.2, 0.25) is 0 Å². The minimum Gasteiger partial charge on any atom is -0.506 e. The van der Waals surface area contributed by atoms with Crippen molar-refractivity contribution in [2.24, 2.45) is 7.05 Å². The van der Waals surface area contributed by atoms with Crippen LogP contribution in [0, 0.1) is 13.8 Å². The van der Waals surface area contributed by atoms with Crippen molar-refractivity contribution in [3.8, 4) is 5.75 Å². The summed E-state index contributed by atoms with van der Waals surface area (Å²) in [5.41, 5.74) is 1.83. The number of thiazole rings is 1. The smallest absolute Gasteiger partial charge is 0.267 e. The van der Waals surface area contributed by atoms with Crippen molar-refractivity contribution in [2.75, 3.05) is 10.6 Å². The van der Waals surface area contributed by atoms with Crippen molar-refractivity contribution >= 4 is 45.5 Å². The van der Waals surface area contributed by atoms with E-state index in [-0.39, 0.29) is 16.7 Å². The number of anilines is 3. The molecule has 0 radical (unpaired) electrons. The van der Waals surface area contributed by atoms with Crippen LogP contribution in [-0.4, -0.2) is 25.8 Å². The van der Waals surface area contributed by atoms with Crippen LogP contribution in [-0.2, 0) is 7.05 Å². The predicted octanol–water partition coefficient (Wildman–Crippen LogP) is 3.85. The maximum Gasteiger partial charge on any atom is 0.267 e. The van der Waals surface area contributed by atoms with Gasteiger partial charge in [0.05, 0.1) is 16.9 Å². The Balaban J connectivity index is 1.78. The fourth-order valence-corrected chi connectivity index (χ4v) is 3.34. The highest BCUT2D eigenvalue weighted by Crippen LogP contribution is 2.35. The number of hydrogen-bond acceptors (Lipinski definition) is 6. The lowest BCUT2D eigenvalue weighted by atomic mass is 10.1. The van der Waals surface area contributed by atoms with E-state index in [2.05, 4.69) is 20.7 Å². The number of amides is 1. The number of halogens is 1. The lowest BCUT2D eigenvalue weighted by molar-refractivity contribution is 0.103. The van der Waals surface area contributed by atoms with Crippen LogP contribution in [0.5, 0.6) is 5.75 Å². The molecule has 25 heavy (non-hydrogen) atoms. The van der Waals surface area contributed by atoms with Gasteiger partial charge in [-0.05, 0) is 25.5 Å². The first-order valence-corrected chi connectivity index (χ1v) is 8.57. The molecular weight excluding hydrogens is 362 g/mol. The summed E-state index contributed by atoms with van der Waals surface area (Å²) in [5.74, 6) is 0.307. The Bertz CT molecular complexity index is 950. The molecule has 0 spiro atoms.